The number of nitriles is 1. The average molecular weight is 245 g/mol. The molecule has 1 N–H and O–H groups in total. The van der Waals surface area contributed by atoms with Gasteiger partial charge < -0.3 is 4.74 Å². The van der Waals surface area contributed by atoms with Crippen molar-refractivity contribution in [1.82, 2.24) is 10.4 Å². The van der Waals surface area contributed by atoms with Crippen LogP contribution in [0.5, 0.6) is 5.75 Å². The molecular weight excluding hydrogens is 226 g/mol. The SMILES string of the molecule is N#CCOc1ccccc1CNN1CCCCC1. The molecule has 0 unspecified atom stereocenters. The second-order valence-electron chi connectivity index (χ2n) is 4.44. The van der Waals surface area contributed by atoms with Crippen LogP contribution in [0, 0.1) is 11.3 Å². The molecular formula is C14H19N3O. The summed E-state index contributed by atoms with van der Waals surface area (Å²) in [5.41, 5.74) is 4.52. The maximum atomic E-state index is 8.55. The molecule has 0 amide bonds. The molecule has 0 bridgehead atoms. The normalized spacial score (nSPS) is 16.2. The number of hydrazine groups is 1. The standard InChI is InChI=1S/C14H19N3O/c15-8-11-18-14-7-3-2-6-13(14)12-16-17-9-4-1-5-10-17/h2-3,6-7,16H,1,4-5,9-12H2. The van der Waals surface area contributed by atoms with Crippen LogP contribution >= 0.6 is 0 Å². The van der Waals surface area contributed by atoms with Gasteiger partial charge in [-0.1, -0.05) is 24.6 Å². The quantitative estimate of drug-likeness (QED) is 0.863. The lowest BCUT2D eigenvalue weighted by atomic mass is 10.1. The molecule has 1 saturated heterocycles. The van der Waals surface area contributed by atoms with E-state index in [0.29, 0.717) is 0 Å². The Hall–Kier alpha value is -1.57. The first-order valence-corrected chi connectivity index (χ1v) is 6.46. The van der Waals surface area contributed by atoms with E-state index in [4.69, 9.17) is 10.00 Å². The van der Waals surface area contributed by atoms with Crippen molar-refractivity contribution in [2.75, 3.05) is 19.7 Å². The van der Waals surface area contributed by atoms with Gasteiger partial charge in [0.25, 0.3) is 0 Å². The lowest BCUT2D eigenvalue weighted by Gasteiger charge is -2.27. The molecule has 4 nitrogen and oxygen atoms in total. The predicted octanol–water partition coefficient (Wildman–Crippen LogP) is 2.08. The van der Waals surface area contributed by atoms with Gasteiger partial charge in [-0.15, -0.1) is 0 Å². The fourth-order valence-corrected chi connectivity index (χ4v) is 2.15. The molecule has 96 valence electrons. The molecule has 0 atom stereocenters. The van der Waals surface area contributed by atoms with Crippen molar-refractivity contribution in [1.29, 1.82) is 5.26 Å². The summed E-state index contributed by atoms with van der Waals surface area (Å²) in [7, 11) is 0. The number of benzene rings is 1. The highest BCUT2D eigenvalue weighted by molar-refractivity contribution is 5.33. The first kappa shape index (κ1) is 12.9. The Morgan fingerprint density at radius 2 is 2.00 bits per heavy atom. The van der Waals surface area contributed by atoms with E-state index in [1.807, 2.05) is 30.3 Å². The van der Waals surface area contributed by atoms with Crippen LogP contribution in [0.25, 0.3) is 0 Å². The van der Waals surface area contributed by atoms with Crippen LogP contribution in [0.1, 0.15) is 24.8 Å². The number of ether oxygens (including phenoxy) is 1. The average Bonchev–Trinajstić information content (AvgIpc) is 2.45. The molecule has 0 aromatic heterocycles. The molecule has 2 rings (SSSR count). The second kappa shape index (κ2) is 7.00. The van der Waals surface area contributed by atoms with E-state index in [1.165, 1.54) is 19.3 Å². The third-order valence-electron chi connectivity index (χ3n) is 3.11. The molecule has 1 aromatic rings. The summed E-state index contributed by atoms with van der Waals surface area (Å²) in [5.74, 6) is 0.795. The number of hydrogen-bond acceptors (Lipinski definition) is 4. The fraction of sp³-hybridized carbons (Fsp3) is 0.500. The monoisotopic (exact) mass is 245 g/mol. The zero-order chi connectivity index (χ0) is 12.6. The van der Waals surface area contributed by atoms with Crippen LogP contribution < -0.4 is 10.2 Å². The Bertz CT molecular complexity index is 408. The number of nitrogens with one attached hydrogen (secondary N) is 1. The molecule has 1 fully saturated rings. The number of hydrogen-bond donors (Lipinski definition) is 1. The highest BCUT2D eigenvalue weighted by atomic mass is 16.5. The van der Waals surface area contributed by atoms with E-state index in [9.17, 15) is 0 Å². The van der Waals surface area contributed by atoms with Gasteiger partial charge in [0.1, 0.15) is 11.8 Å². The van der Waals surface area contributed by atoms with Crippen molar-refractivity contribution in [2.24, 2.45) is 0 Å². The zero-order valence-electron chi connectivity index (χ0n) is 10.6. The van der Waals surface area contributed by atoms with Crippen molar-refractivity contribution in [2.45, 2.75) is 25.8 Å². The highest BCUT2D eigenvalue weighted by Gasteiger charge is 2.10. The molecule has 0 spiro atoms. The van der Waals surface area contributed by atoms with Gasteiger partial charge in [-0.25, -0.2) is 5.01 Å². The van der Waals surface area contributed by atoms with E-state index < -0.39 is 0 Å². The van der Waals surface area contributed by atoms with Gasteiger partial charge in [-0.05, 0) is 18.9 Å². The fourth-order valence-electron chi connectivity index (χ4n) is 2.15. The Morgan fingerprint density at radius 3 is 2.78 bits per heavy atom. The topological polar surface area (TPSA) is 48.3 Å². The van der Waals surface area contributed by atoms with Crippen molar-refractivity contribution in [3.8, 4) is 11.8 Å². The third kappa shape index (κ3) is 3.73. The zero-order valence-corrected chi connectivity index (χ0v) is 10.6. The van der Waals surface area contributed by atoms with Crippen molar-refractivity contribution < 1.29 is 4.74 Å². The summed E-state index contributed by atoms with van der Waals surface area (Å²) < 4.78 is 5.41. The summed E-state index contributed by atoms with van der Waals surface area (Å²) >= 11 is 0. The maximum Gasteiger partial charge on any atom is 0.174 e. The molecule has 1 aliphatic rings. The molecule has 0 aliphatic carbocycles. The van der Waals surface area contributed by atoms with Crippen LogP contribution in [0.4, 0.5) is 0 Å². The molecule has 0 saturated carbocycles. The Kier molecular flexibility index (Phi) is 5.00. The van der Waals surface area contributed by atoms with Crippen molar-refractivity contribution in [3.63, 3.8) is 0 Å². The molecule has 1 heterocycles. The Morgan fingerprint density at radius 1 is 1.22 bits per heavy atom. The van der Waals surface area contributed by atoms with Crippen LogP contribution in [0.3, 0.4) is 0 Å². The van der Waals surface area contributed by atoms with E-state index in [2.05, 4.69) is 10.4 Å². The van der Waals surface area contributed by atoms with Gasteiger partial charge in [-0.3, -0.25) is 5.43 Å². The van der Waals surface area contributed by atoms with Gasteiger partial charge in [-0.2, -0.15) is 5.26 Å². The van der Waals surface area contributed by atoms with Gasteiger partial charge in [0, 0.05) is 25.2 Å². The van der Waals surface area contributed by atoms with Crippen LogP contribution in [0.2, 0.25) is 0 Å². The summed E-state index contributed by atoms with van der Waals surface area (Å²) in [6, 6.07) is 9.85. The summed E-state index contributed by atoms with van der Waals surface area (Å²) in [5, 5.41) is 10.8. The Labute approximate surface area is 108 Å². The lowest BCUT2D eigenvalue weighted by Crippen LogP contribution is -2.41. The second-order valence-corrected chi connectivity index (χ2v) is 4.44. The molecule has 1 aromatic carbocycles. The van der Waals surface area contributed by atoms with E-state index in [-0.39, 0.29) is 6.61 Å². The minimum atomic E-state index is 0.0979. The Balaban J connectivity index is 1.89. The number of rotatable bonds is 5. The predicted molar refractivity (Wildman–Crippen MR) is 69.8 cm³/mol. The van der Waals surface area contributed by atoms with Crippen LogP contribution in [-0.2, 0) is 6.54 Å². The minimum absolute atomic E-state index is 0.0979. The summed E-state index contributed by atoms with van der Waals surface area (Å²) in [6.45, 7) is 3.07. The van der Waals surface area contributed by atoms with Gasteiger partial charge in [0.2, 0.25) is 0 Å². The molecule has 0 radical (unpaired) electrons. The van der Waals surface area contributed by atoms with Gasteiger partial charge >= 0.3 is 0 Å². The molecule has 18 heavy (non-hydrogen) atoms. The first-order valence-electron chi connectivity index (χ1n) is 6.46. The lowest BCUT2D eigenvalue weighted by molar-refractivity contribution is 0.150. The first-order chi connectivity index (χ1) is 8.90. The van der Waals surface area contributed by atoms with Crippen LogP contribution in [0.15, 0.2) is 24.3 Å². The van der Waals surface area contributed by atoms with Gasteiger partial charge in [0.05, 0.1) is 0 Å². The molecule has 1 aliphatic heterocycles. The van der Waals surface area contributed by atoms with E-state index in [1.54, 1.807) is 0 Å². The smallest absolute Gasteiger partial charge is 0.174 e. The van der Waals surface area contributed by atoms with Gasteiger partial charge in [0.15, 0.2) is 6.61 Å². The summed E-state index contributed by atoms with van der Waals surface area (Å²) in [4.78, 5) is 0. The van der Waals surface area contributed by atoms with E-state index in [0.717, 1.165) is 30.9 Å². The largest absolute Gasteiger partial charge is 0.478 e. The third-order valence-corrected chi connectivity index (χ3v) is 3.11. The van der Waals surface area contributed by atoms with E-state index >= 15 is 0 Å². The number of piperidine rings is 1. The maximum absolute atomic E-state index is 8.55. The highest BCUT2D eigenvalue weighted by Crippen LogP contribution is 2.18. The molecule has 4 heteroatoms. The van der Waals surface area contributed by atoms with Crippen molar-refractivity contribution in [3.05, 3.63) is 29.8 Å². The van der Waals surface area contributed by atoms with Crippen LogP contribution in [-0.4, -0.2) is 24.7 Å². The summed E-state index contributed by atoms with van der Waals surface area (Å²) in [6.07, 6.45) is 3.86. The number of nitrogens with zero attached hydrogens (tertiary/aromatic N) is 2. The number of para-hydroxylation sites is 1. The van der Waals surface area contributed by atoms with Crippen molar-refractivity contribution >= 4 is 0 Å². The minimum Gasteiger partial charge on any atom is -0.478 e.